The molecule has 0 aromatic heterocycles. The van der Waals surface area contributed by atoms with E-state index in [0.29, 0.717) is 18.6 Å². The van der Waals surface area contributed by atoms with Crippen LogP contribution in [-0.2, 0) is 14.3 Å². The van der Waals surface area contributed by atoms with Gasteiger partial charge in [0.05, 0.1) is 0 Å². The van der Waals surface area contributed by atoms with Crippen molar-refractivity contribution >= 4 is 29.7 Å². The lowest BCUT2D eigenvalue weighted by molar-refractivity contribution is -0.145. The van der Waals surface area contributed by atoms with Gasteiger partial charge in [0.25, 0.3) is 0 Å². The third-order valence-electron chi connectivity index (χ3n) is 5.24. The first-order valence-corrected chi connectivity index (χ1v) is 13.4. The summed E-state index contributed by atoms with van der Waals surface area (Å²) >= 11 is 1.59. The van der Waals surface area contributed by atoms with Crippen LogP contribution in [0.15, 0.2) is 24.3 Å². The fourth-order valence-corrected chi connectivity index (χ4v) is 4.03. The lowest BCUT2D eigenvalue weighted by Crippen LogP contribution is -2.56. The number of aryl methyl sites for hydroxylation is 1. The van der Waals surface area contributed by atoms with Crippen LogP contribution in [0.3, 0.4) is 0 Å². The van der Waals surface area contributed by atoms with Crippen molar-refractivity contribution in [2.24, 2.45) is 0 Å². The highest BCUT2D eigenvalue weighted by atomic mass is 32.2. The van der Waals surface area contributed by atoms with E-state index in [2.05, 4.69) is 10.6 Å². The van der Waals surface area contributed by atoms with Crippen molar-refractivity contribution in [1.29, 1.82) is 0 Å². The van der Waals surface area contributed by atoms with Crippen molar-refractivity contribution < 1.29 is 19.1 Å². The Morgan fingerprint density at radius 1 is 1.12 bits per heavy atom. The van der Waals surface area contributed by atoms with Gasteiger partial charge in [0.15, 0.2) is 0 Å². The third kappa shape index (κ3) is 9.57. The van der Waals surface area contributed by atoms with Gasteiger partial charge in [-0.3, -0.25) is 9.59 Å². The molecule has 192 valence electrons. The molecule has 3 unspecified atom stereocenters. The monoisotopic (exact) mass is 493 g/mol. The number of nitrogens with one attached hydrogen (secondary N) is 2. The first-order valence-electron chi connectivity index (χ1n) is 12.0. The molecule has 1 aromatic rings. The Morgan fingerprint density at radius 3 is 2.26 bits per heavy atom. The predicted molar refractivity (Wildman–Crippen MR) is 140 cm³/mol. The molecule has 1 rings (SSSR count). The third-order valence-corrected chi connectivity index (χ3v) is 5.88. The van der Waals surface area contributed by atoms with Crippen LogP contribution in [0.4, 0.5) is 4.79 Å². The average Bonchev–Trinajstić information content (AvgIpc) is 2.71. The van der Waals surface area contributed by atoms with Crippen LogP contribution < -0.4 is 10.6 Å². The molecular weight excluding hydrogens is 450 g/mol. The number of alkyl carbamates (subject to hydrolysis) is 1. The summed E-state index contributed by atoms with van der Waals surface area (Å²) in [5.74, 6) is 0.142. The summed E-state index contributed by atoms with van der Waals surface area (Å²) in [6, 6.07) is 5.72. The second kappa shape index (κ2) is 13.6. The van der Waals surface area contributed by atoms with Gasteiger partial charge in [0.2, 0.25) is 11.8 Å². The van der Waals surface area contributed by atoms with Gasteiger partial charge in [0, 0.05) is 12.1 Å². The molecule has 0 saturated carbocycles. The first kappa shape index (κ1) is 29.8. The molecule has 1 aromatic carbocycles. The second-order valence-corrected chi connectivity index (χ2v) is 10.9. The quantitative estimate of drug-likeness (QED) is 0.461. The highest BCUT2D eigenvalue weighted by Gasteiger charge is 2.38. The van der Waals surface area contributed by atoms with E-state index in [0.717, 1.165) is 11.1 Å². The number of carbonyl (C=O) groups is 3. The van der Waals surface area contributed by atoms with Gasteiger partial charge in [-0.05, 0) is 78.9 Å². The van der Waals surface area contributed by atoms with Crippen molar-refractivity contribution in [2.75, 3.05) is 12.0 Å². The average molecular weight is 494 g/mol. The predicted octanol–water partition coefficient (Wildman–Crippen LogP) is 4.83. The fraction of sp³-hybridized carbons (Fsp3) is 0.654. The minimum atomic E-state index is -0.818. The van der Waals surface area contributed by atoms with Crippen molar-refractivity contribution in [3.8, 4) is 0 Å². The van der Waals surface area contributed by atoms with Crippen molar-refractivity contribution in [1.82, 2.24) is 15.5 Å². The summed E-state index contributed by atoms with van der Waals surface area (Å²) in [6.07, 6.45) is 2.39. The van der Waals surface area contributed by atoms with Gasteiger partial charge in [-0.1, -0.05) is 36.8 Å². The Balaban J connectivity index is 3.48. The van der Waals surface area contributed by atoms with E-state index in [9.17, 15) is 14.4 Å². The van der Waals surface area contributed by atoms with Gasteiger partial charge in [-0.15, -0.1) is 0 Å². The van der Waals surface area contributed by atoms with Gasteiger partial charge in [-0.2, -0.15) is 11.8 Å². The zero-order valence-electron chi connectivity index (χ0n) is 22.2. The van der Waals surface area contributed by atoms with E-state index in [1.807, 2.05) is 65.1 Å². The first-order chi connectivity index (χ1) is 15.8. The maximum absolute atomic E-state index is 14.0. The van der Waals surface area contributed by atoms with E-state index >= 15 is 0 Å². The molecule has 0 fully saturated rings. The molecule has 3 amide bonds. The Kier molecular flexibility index (Phi) is 11.9. The largest absolute Gasteiger partial charge is 0.444 e. The Hall–Kier alpha value is -2.22. The number of nitrogens with zero attached hydrogens (tertiary/aromatic N) is 1. The summed E-state index contributed by atoms with van der Waals surface area (Å²) in [4.78, 5) is 41.7. The van der Waals surface area contributed by atoms with Gasteiger partial charge < -0.3 is 20.3 Å². The van der Waals surface area contributed by atoms with Gasteiger partial charge in [-0.25, -0.2) is 4.79 Å². The highest BCUT2D eigenvalue weighted by molar-refractivity contribution is 7.98. The highest BCUT2D eigenvalue weighted by Crippen LogP contribution is 2.27. The molecule has 7 nitrogen and oxygen atoms in total. The van der Waals surface area contributed by atoms with Crippen LogP contribution in [0, 0.1) is 6.92 Å². The zero-order chi connectivity index (χ0) is 26.1. The molecule has 0 spiro atoms. The van der Waals surface area contributed by atoms with E-state index in [1.54, 1.807) is 37.4 Å². The molecule has 0 bridgehead atoms. The van der Waals surface area contributed by atoms with Crippen LogP contribution in [0.25, 0.3) is 0 Å². The maximum Gasteiger partial charge on any atom is 0.408 e. The number of amides is 3. The fourth-order valence-electron chi connectivity index (χ4n) is 3.56. The van der Waals surface area contributed by atoms with Gasteiger partial charge >= 0.3 is 6.09 Å². The van der Waals surface area contributed by atoms with E-state index in [4.69, 9.17) is 4.74 Å². The molecule has 2 N–H and O–H groups in total. The standard InChI is InChI=1S/C26H43N3O4S/c1-10-19(5)29(22(23(30)27-17(2)3)20-13-11-12-18(4)16-20)24(31)21(14-15-34-9)28-25(32)33-26(6,7)8/h11-13,16-17,19,21-22H,10,14-15H2,1-9H3,(H,27,30)(H,28,32). The summed E-state index contributed by atoms with van der Waals surface area (Å²) in [5, 5.41) is 5.75. The molecule has 0 radical (unpaired) electrons. The SMILES string of the molecule is CCC(C)N(C(=O)C(CCSC)NC(=O)OC(C)(C)C)C(C(=O)NC(C)C)c1cccc(C)c1. The molecule has 0 heterocycles. The lowest BCUT2D eigenvalue weighted by Gasteiger charge is -2.38. The van der Waals surface area contributed by atoms with Crippen LogP contribution >= 0.6 is 11.8 Å². The van der Waals surface area contributed by atoms with Gasteiger partial charge in [0.1, 0.15) is 17.7 Å². The summed E-state index contributed by atoms with van der Waals surface area (Å²) < 4.78 is 5.42. The minimum Gasteiger partial charge on any atom is -0.444 e. The molecular formula is C26H43N3O4S. The van der Waals surface area contributed by atoms with E-state index < -0.39 is 23.8 Å². The molecule has 0 aliphatic heterocycles. The number of rotatable bonds is 11. The Bertz CT molecular complexity index is 823. The molecule has 0 aliphatic carbocycles. The normalized spacial score (nSPS) is 14.2. The smallest absolute Gasteiger partial charge is 0.408 e. The van der Waals surface area contributed by atoms with E-state index in [-0.39, 0.29) is 23.9 Å². The number of ether oxygens (including phenoxy) is 1. The second-order valence-electron chi connectivity index (χ2n) is 9.96. The van der Waals surface area contributed by atoms with Crippen molar-refractivity contribution in [3.63, 3.8) is 0 Å². The molecule has 8 heteroatoms. The molecule has 0 aliphatic rings. The molecule has 3 atom stereocenters. The van der Waals surface area contributed by atoms with Crippen LogP contribution in [0.5, 0.6) is 0 Å². The van der Waals surface area contributed by atoms with Crippen LogP contribution in [0.2, 0.25) is 0 Å². The van der Waals surface area contributed by atoms with Crippen molar-refractivity contribution in [2.45, 2.75) is 98.0 Å². The minimum absolute atomic E-state index is 0.0825. The van der Waals surface area contributed by atoms with Crippen LogP contribution in [0.1, 0.15) is 78.5 Å². The number of carbonyl (C=O) groups excluding carboxylic acids is 3. The lowest BCUT2D eigenvalue weighted by atomic mass is 9.98. The van der Waals surface area contributed by atoms with E-state index in [1.165, 1.54) is 0 Å². The zero-order valence-corrected chi connectivity index (χ0v) is 23.0. The Morgan fingerprint density at radius 2 is 1.76 bits per heavy atom. The maximum atomic E-state index is 14.0. The molecule has 34 heavy (non-hydrogen) atoms. The number of thioether (sulfide) groups is 1. The Labute approximate surface area is 209 Å². The van der Waals surface area contributed by atoms with Crippen LogP contribution in [-0.4, -0.2) is 58.5 Å². The van der Waals surface area contributed by atoms with Crippen molar-refractivity contribution in [3.05, 3.63) is 35.4 Å². The summed E-state index contributed by atoms with van der Waals surface area (Å²) in [6.45, 7) is 15.0. The number of hydrogen-bond donors (Lipinski definition) is 2. The molecule has 0 saturated heterocycles. The number of benzene rings is 1. The topological polar surface area (TPSA) is 87.7 Å². The number of hydrogen-bond acceptors (Lipinski definition) is 5. The summed E-state index contributed by atoms with van der Waals surface area (Å²) in [5.41, 5.74) is 1.06. The summed E-state index contributed by atoms with van der Waals surface area (Å²) in [7, 11) is 0.